The van der Waals surface area contributed by atoms with E-state index in [1.807, 2.05) is 13.0 Å². The Kier molecular flexibility index (Phi) is 3.24. The van der Waals surface area contributed by atoms with Gasteiger partial charge in [0.05, 0.1) is 0 Å². The maximum atomic E-state index is 12.5. The summed E-state index contributed by atoms with van der Waals surface area (Å²) in [7, 11) is 0. The minimum Gasteiger partial charge on any atom is -0.380 e. The van der Waals surface area contributed by atoms with Crippen LogP contribution in [0.25, 0.3) is 0 Å². The first-order valence-electron chi connectivity index (χ1n) is 4.82. The van der Waals surface area contributed by atoms with Crippen molar-refractivity contribution in [3.05, 3.63) is 11.6 Å². The zero-order valence-corrected chi connectivity index (χ0v) is 8.19. The molecule has 1 unspecified atom stereocenters. The summed E-state index contributed by atoms with van der Waals surface area (Å²) in [6.45, 7) is 1.83. The molecule has 1 rings (SSSR count). The van der Waals surface area contributed by atoms with Crippen LogP contribution in [-0.2, 0) is 0 Å². The van der Waals surface area contributed by atoms with Crippen molar-refractivity contribution >= 4 is 0 Å². The van der Waals surface area contributed by atoms with Gasteiger partial charge in [-0.2, -0.15) is 13.2 Å². The molecule has 1 N–H and O–H groups in total. The van der Waals surface area contributed by atoms with Crippen molar-refractivity contribution in [2.24, 2.45) is 0 Å². The minimum absolute atomic E-state index is 0.173. The monoisotopic (exact) mass is 208 g/mol. The average molecular weight is 208 g/mol. The molecular weight excluding hydrogens is 193 g/mol. The van der Waals surface area contributed by atoms with Crippen LogP contribution in [0.2, 0.25) is 0 Å². The highest BCUT2D eigenvalue weighted by atomic mass is 19.4. The van der Waals surface area contributed by atoms with E-state index in [0.717, 1.165) is 5.57 Å². The number of alkyl halides is 3. The van der Waals surface area contributed by atoms with Crippen LogP contribution in [-0.4, -0.2) is 16.9 Å². The third kappa shape index (κ3) is 2.29. The zero-order valence-electron chi connectivity index (χ0n) is 8.19. The third-order valence-corrected chi connectivity index (χ3v) is 2.88. The van der Waals surface area contributed by atoms with Crippen LogP contribution in [0, 0.1) is 0 Å². The first kappa shape index (κ1) is 11.6. The summed E-state index contributed by atoms with van der Waals surface area (Å²) in [6, 6.07) is 0. The highest BCUT2D eigenvalue weighted by Crippen LogP contribution is 2.41. The van der Waals surface area contributed by atoms with Gasteiger partial charge in [0, 0.05) is 0 Å². The van der Waals surface area contributed by atoms with Crippen molar-refractivity contribution in [1.29, 1.82) is 0 Å². The van der Waals surface area contributed by atoms with Gasteiger partial charge in [0.25, 0.3) is 0 Å². The lowest BCUT2D eigenvalue weighted by molar-refractivity contribution is -0.264. The molecule has 0 aromatic heterocycles. The molecule has 1 fully saturated rings. The van der Waals surface area contributed by atoms with E-state index in [2.05, 4.69) is 0 Å². The summed E-state index contributed by atoms with van der Waals surface area (Å²) in [5.41, 5.74) is -1.44. The van der Waals surface area contributed by atoms with E-state index in [1.54, 1.807) is 0 Å². The second kappa shape index (κ2) is 3.93. The van der Waals surface area contributed by atoms with Crippen LogP contribution in [0.4, 0.5) is 13.2 Å². The highest BCUT2D eigenvalue weighted by Gasteiger charge is 2.53. The molecule has 4 heteroatoms. The highest BCUT2D eigenvalue weighted by molar-refractivity contribution is 5.05. The van der Waals surface area contributed by atoms with Crippen LogP contribution < -0.4 is 0 Å². The molecule has 14 heavy (non-hydrogen) atoms. The number of rotatable bonds is 0. The fourth-order valence-corrected chi connectivity index (χ4v) is 1.80. The number of allylic oxidation sites excluding steroid dienone is 2. The lowest BCUT2D eigenvalue weighted by Crippen LogP contribution is -2.44. The summed E-state index contributed by atoms with van der Waals surface area (Å²) in [5.74, 6) is 0. The van der Waals surface area contributed by atoms with Crippen molar-refractivity contribution in [3.8, 4) is 0 Å². The Morgan fingerprint density at radius 1 is 1.29 bits per heavy atom. The Morgan fingerprint density at radius 3 is 2.43 bits per heavy atom. The molecule has 1 saturated carbocycles. The van der Waals surface area contributed by atoms with Gasteiger partial charge in [-0.05, 0) is 39.0 Å². The lowest BCUT2D eigenvalue weighted by atomic mass is 9.94. The first-order chi connectivity index (χ1) is 6.39. The number of hydrogen-bond donors (Lipinski definition) is 1. The standard InChI is InChI=1S/C10H15F3O/c1-2-8-4-3-6-9(14,7-5-8)10(11,12)13/h2,14H,3-7H2,1H3/b8-2-. The molecule has 1 aliphatic carbocycles. The summed E-state index contributed by atoms with van der Waals surface area (Å²) in [4.78, 5) is 0. The number of aliphatic hydroxyl groups is 1. The Morgan fingerprint density at radius 2 is 1.93 bits per heavy atom. The van der Waals surface area contributed by atoms with Gasteiger partial charge in [-0.1, -0.05) is 11.6 Å². The van der Waals surface area contributed by atoms with Crippen LogP contribution in [0.3, 0.4) is 0 Å². The van der Waals surface area contributed by atoms with Gasteiger partial charge in [-0.3, -0.25) is 0 Å². The van der Waals surface area contributed by atoms with Crippen molar-refractivity contribution < 1.29 is 18.3 Å². The SMILES string of the molecule is C/C=C1/CCCC(O)(C(F)(F)F)CC1. The van der Waals surface area contributed by atoms with Crippen molar-refractivity contribution in [2.75, 3.05) is 0 Å². The van der Waals surface area contributed by atoms with Crippen LogP contribution in [0.1, 0.15) is 39.0 Å². The van der Waals surface area contributed by atoms with Crippen LogP contribution in [0.15, 0.2) is 11.6 Å². The predicted octanol–water partition coefficient (Wildman–Crippen LogP) is 3.19. The van der Waals surface area contributed by atoms with Gasteiger partial charge >= 0.3 is 6.18 Å². The normalized spacial score (nSPS) is 33.1. The van der Waals surface area contributed by atoms with Crippen molar-refractivity contribution in [1.82, 2.24) is 0 Å². The molecule has 0 aromatic rings. The molecule has 0 heterocycles. The third-order valence-electron chi connectivity index (χ3n) is 2.88. The van der Waals surface area contributed by atoms with Crippen LogP contribution in [0.5, 0.6) is 0 Å². The second-order valence-corrected chi connectivity index (χ2v) is 3.83. The topological polar surface area (TPSA) is 20.2 Å². The molecular formula is C10H15F3O. The Labute approximate surface area is 81.6 Å². The van der Waals surface area contributed by atoms with E-state index in [4.69, 9.17) is 0 Å². The quantitative estimate of drug-likeness (QED) is 0.478. The Balaban J connectivity index is 2.75. The molecule has 0 radical (unpaired) electrons. The van der Waals surface area contributed by atoms with Gasteiger partial charge in [0.2, 0.25) is 0 Å². The van der Waals surface area contributed by atoms with Crippen molar-refractivity contribution in [3.63, 3.8) is 0 Å². The second-order valence-electron chi connectivity index (χ2n) is 3.83. The summed E-state index contributed by atoms with van der Waals surface area (Å²) in [5, 5.41) is 9.45. The van der Waals surface area contributed by atoms with Gasteiger partial charge < -0.3 is 5.11 Å². The fraction of sp³-hybridized carbons (Fsp3) is 0.800. The van der Waals surface area contributed by atoms with Crippen LogP contribution >= 0.6 is 0 Å². The van der Waals surface area contributed by atoms with E-state index in [9.17, 15) is 18.3 Å². The smallest absolute Gasteiger partial charge is 0.380 e. The summed E-state index contributed by atoms with van der Waals surface area (Å²) < 4.78 is 37.4. The number of halogens is 3. The largest absolute Gasteiger partial charge is 0.417 e. The van der Waals surface area contributed by atoms with Gasteiger partial charge in [0.15, 0.2) is 5.60 Å². The van der Waals surface area contributed by atoms with E-state index < -0.39 is 11.8 Å². The number of hydrogen-bond acceptors (Lipinski definition) is 1. The molecule has 0 aromatic carbocycles. The molecule has 0 bridgehead atoms. The van der Waals surface area contributed by atoms with E-state index in [0.29, 0.717) is 19.3 Å². The first-order valence-corrected chi connectivity index (χ1v) is 4.82. The zero-order chi connectivity index (χ0) is 10.8. The molecule has 82 valence electrons. The molecule has 0 aliphatic heterocycles. The van der Waals surface area contributed by atoms with Gasteiger partial charge in [-0.25, -0.2) is 0 Å². The minimum atomic E-state index is -4.49. The summed E-state index contributed by atoms with van der Waals surface area (Å²) in [6.07, 6.45) is -1.57. The molecule has 1 atom stereocenters. The van der Waals surface area contributed by atoms with E-state index >= 15 is 0 Å². The molecule has 0 saturated heterocycles. The Hall–Kier alpha value is -0.510. The lowest BCUT2D eigenvalue weighted by Gasteiger charge is -2.28. The predicted molar refractivity (Wildman–Crippen MR) is 47.8 cm³/mol. The average Bonchev–Trinajstić information content (AvgIpc) is 2.27. The van der Waals surface area contributed by atoms with E-state index in [1.165, 1.54) is 0 Å². The summed E-state index contributed by atoms with van der Waals surface area (Å²) >= 11 is 0. The van der Waals surface area contributed by atoms with Gasteiger partial charge in [-0.15, -0.1) is 0 Å². The Bertz CT molecular complexity index is 232. The molecule has 0 spiro atoms. The maximum absolute atomic E-state index is 12.5. The van der Waals surface area contributed by atoms with Crippen molar-refractivity contribution in [2.45, 2.75) is 50.8 Å². The fourth-order valence-electron chi connectivity index (χ4n) is 1.80. The maximum Gasteiger partial charge on any atom is 0.417 e. The van der Waals surface area contributed by atoms with Gasteiger partial charge in [0.1, 0.15) is 0 Å². The molecule has 1 aliphatic rings. The van der Waals surface area contributed by atoms with E-state index in [-0.39, 0.29) is 12.8 Å². The molecule has 1 nitrogen and oxygen atoms in total. The molecule has 0 amide bonds.